The van der Waals surface area contributed by atoms with E-state index in [0.29, 0.717) is 6.54 Å². The van der Waals surface area contributed by atoms with E-state index in [1.807, 2.05) is 0 Å². The van der Waals surface area contributed by atoms with E-state index in [1.165, 1.54) is 5.56 Å². The van der Waals surface area contributed by atoms with Crippen molar-refractivity contribution in [2.75, 3.05) is 0 Å². The van der Waals surface area contributed by atoms with Crippen LogP contribution < -0.4 is 11.1 Å². The molecule has 0 saturated heterocycles. The number of rotatable bonds is 3. The van der Waals surface area contributed by atoms with E-state index < -0.39 is 5.54 Å². The minimum Gasteiger partial charge on any atom is -0.357 e. The molecule has 0 bridgehead atoms. The molecule has 1 aliphatic carbocycles. The van der Waals surface area contributed by atoms with E-state index >= 15 is 0 Å². The first-order chi connectivity index (χ1) is 8.98. The molecule has 1 amide bonds. The lowest BCUT2D eigenvalue weighted by Gasteiger charge is -2.08. The lowest BCUT2D eigenvalue weighted by atomic mass is 10.2. The molecule has 1 aromatic heterocycles. The van der Waals surface area contributed by atoms with E-state index in [-0.39, 0.29) is 5.91 Å². The zero-order valence-corrected chi connectivity index (χ0v) is 12.3. The van der Waals surface area contributed by atoms with Gasteiger partial charge in [-0.05, 0) is 43.5 Å². The Bertz CT molecular complexity index is 658. The summed E-state index contributed by atoms with van der Waals surface area (Å²) in [5.41, 5.74) is 8.53. The number of H-pyrrole nitrogens is 1. The highest BCUT2D eigenvalue weighted by molar-refractivity contribution is 9.10. The smallest absolute Gasteiger partial charge is 0.240 e. The third kappa shape index (κ3) is 2.40. The van der Waals surface area contributed by atoms with Gasteiger partial charge in [-0.2, -0.15) is 0 Å². The SMILES string of the molecule is Cc1cc(Br)cc2cc(CNC(=O)C3(N)CC3)[nH]c12. The van der Waals surface area contributed by atoms with Crippen molar-refractivity contribution >= 4 is 32.7 Å². The van der Waals surface area contributed by atoms with E-state index in [4.69, 9.17) is 5.73 Å². The Balaban J connectivity index is 1.78. The van der Waals surface area contributed by atoms with Crippen molar-refractivity contribution in [2.24, 2.45) is 5.73 Å². The number of halogens is 1. The topological polar surface area (TPSA) is 70.9 Å². The summed E-state index contributed by atoms with van der Waals surface area (Å²) in [4.78, 5) is 15.1. The lowest BCUT2D eigenvalue weighted by Crippen LogP contribution is -2.42. The number of amides is 1. The Morgan fingerprint density at radius 3 is 2.89 bits per heavy atom. The third-order valence-corrected chi connectivity index (χ3v) is 4.08. The van der Waals surface area contributed by atoms with Crippen molar-refractivity contribution in [3.05, 3.63) is 33.9 Å². The molecule has 1 saturated carbocycles. The van der Waals surface area contributed by atoms with E-state index in [9.17, 15) is 4.79 Å². The van der Waals surface area contributed by atoms with Gasteiger partial charge in [0.05, 0.1) is 12.1 Å². The van der Waals surface area contributed by atoms with Gasteiger partial charge in [0.15, 0.2) is 0 Å². The van der Waals surface area contributed by atoms with Crippen LogP contribution in [0.4, 0.5) is 0 Å². The maximum atomic E-state index is 11.8. The van der Waals surface area contributed by atoms with Gasteiger partial charge < -0.3 is 16.0 Å². The molecule has 2 aromatic rings. The van der Waals surface area contributed by atoms with Crippen LogP contribution in [-0.2, 0) is 11.3 Å². The number of benzene rings is 1. The van der Waals surface area contributed by atoms with Gasteiger partial charge in [0, 0.05) is 21.1 Å². The predicted molar refractivity (Wildman–Crippen MR) is 78.7 cm³/mol. The number of hydrogen-bond acceptors (Lipinski definition) is 2. The number of hydrogen-bond donors (Lipinski definition) is 3. The van der Waals surface area contributed by atoms with Crippen LogP contribution >= 0.6 is 15.9 Å². The Labute approximate surface area is 119 Å². The van der Waals surface area contributed by atoms with Crippen LogP contribution in [0, 0.1) is 6.92 Å². The minimum atomic E-state index is -0.606. The van der Waals surface area contributed by atoms with Crippen LogP contribution in [0.5, 0.6) is 0 Å². The van der Waals surface area contributed by atoms with E-state index in [2.05, 4.69) is 51.4 Å². The second-order valence-corrected chi connectivity index (χ2v) is 6.24. The molecule has 0 atom stereocenters. The summed E-state index contributed by atoms with van der Waals surface area (Å²) in [6.07, 6.45) is 1.58. The summed E-state index contributed by atoms with van der Waals surface area (Å²) in [5, 5.41) is 4.03. The van der Waals surface area contributed by atoms with Crippen molar-refractivity contribution in [1.29, 1.82) is 0 Å². The highest BCUT2D eigenvalue weighted by Gasteiger charge is 2.45. The molecule has 100 valence electrons. The Morgan fingerprint density at radius 1 is 1.47 bits per heavy atom. The molecule has 4 N–H and O–H groups in total. The fourth-order valence-corrected chi connectivity index (χ4v) is 2.84. The van der Waals surface area contributed by atoms with Crippen LogP contribution in [-0.4, -0.2) is 16.4 Å². The number of aryl methyl sites for hydroxylation is 1. The number of aromatic amines is 1. The zero-order chi connectivity index (χ0) is 13.6. The highest BCUT2D eigenvalue weighted by atomic mass is 79.9. The van der Waals surface area contributed by atoms with Gasteiger partial charge in [-0.3, -0.25) is 4.79 Å². The second-order valence-electron chi connectivity index (χ2n) is 5.32. The molecule has 1 aromatic carbocycles. The van der Waals surface area contributed by atoms with Crippen molar-refractivity contribution in [3.8, 4) is 0 Å². The molecule has 0 unspecified atom stereocenters. The van der Waals surface area contributed by atoms with Crippen molar-refractivity contribution in [2.45, 2.75) is 31.8 Å². The maximum absolute atomic E-state index is 11.8. The van der Waals surface area contributed by atoms with Gasteiger partial charge in [0.2, 0.25) is 5.91 Å². The highest BCUT2D eigenvalue weighted by Crippen LogP contribution is 2.32. The first-order valence-corrected chi connectivity index (χ1v) is 7.12. The molecular formula is C14H16BrN3O. The number of fused-ring (bicyclic) bond motifs is 1. The fraction of sp³-hybridized carbons (Fsp3) is 0.357. The first-order valence-electron chi connectivity index (χ1n) is 6.33. The summed E-state index contributed by atoms with van der Waals surface area (Å²) in [7, 11) is 0. The van der Waals surface area contributed by atoms with E-state index in [1.54, 1.807) is 0 Å². The molecule has 1 fully saturated rings. The Kier molecular flexibility index (Phi) is 2.91. The number of carbonyl (C=O) groups excluding carboxylic acids is 1. The average molecular weight is 322 g/mol. The van der Waals surface area contributed by atoms with Gasteiger partial charge in [0.25, 0.3) is 0 Å². The summed E-state index contributed by atoms with van der Waals surface area (Å²) < 4.78 is 1.06. The number of nitrogens with two attached hydrogens (primary N) is 1. The van der Waals surface area contributed by atoms with Crippen molar-refractivity contribution in [3.63, 3.8) is 0 Å². The molecule has 19 heavy (non-hydrogen) atoms. The van der Waals surface area contributed by atoms with Crippen LogP contribution in [0.1, 0.15) is 24.1 Å². The minimum absolute atomic E-state index is 0.0518. The first kappa shape index (κ1) is 12.7. The molecule has 3 rings (SSSR count). The van der Waals surface area contributed by atoms with Crippen molar-refractivity contribution < 1.29 is 4.79 Å². The predicted octanol–water partition coefficient (Wildman–Crippen LogP) is 2.35. The normalized spacial score (nSPS) is 16.6. The lowest BCUT2D eigenvalue weighted by molar-refractivity contribution is -0.123. The summed E-state index contributed by atoms with van der Waals surface area (Å²) in [5.74, 6) is -0.0518. The molecule has 1 aliphatic rings. The molecule has 0 aliphatic heterocycles. The summed E-state index contributed by atoms with van der Waals surface area (Å²) >= 11 is 3.49. The third-order valence-electron chi connectivity index (χ3n) is 3.63. The van der Waals surface area contributed by atoms with Gasteiger partial charge in [-0.15, -0.1) is 0 Å². The molecule has 4 nitrogen and oxygen atoms in total. The Hall–Kier alpha value is -1.33. The molecular weight excluding hydrogens is 306 g/mol. The summed E-state index contributed by atoms with van der Waals surface area (Å²) in [6, 6.07) is 6.19. The quantitative estimate of drug-likeness (QED) is 0.812. The molecule has 5 heteroatoms. The Morgan fingerprint density at radius 2 is 2.21 bits per heavy atom. The fourth-order valence-electron chi connectivity index (χ4n) is 2.25. The van der Waals surface area contributed by atoms with Crippen LogP contribution in [0.3, 0.4) is 0 Å². The van der Waals surface area contributed by atoms with Gasteiger partial charge >= 0.3 is 0 Å². The van der Waals surface area contributed by atoms with Crippen LogP contribution in [0.2, 0.25) is 0 Å². The average Bonchev–Trinajstić information content (AvgIpc) is 2.96. The molecule has 1 heterocycles. The van der Waals surface area contributed by atoms with Crippen molar-refractivity contribution in [1.82, 2.24) is 10.3 Å². The monoisotopic (exact) mass is 321 g/mol. The van der Waals surface area contributed by atoms with Crippen LogP contribution in [0.25, 0.3) is 10.9 Å². The molecule has 0 spiro atoms. The standard InChI is InChI=1S/C14H16BrN3O/c1-8-4-10(15)5-9-6-11(18-12(8)9)7-17-13(19)14(16)2-3-14/h4-6,18H,2-3,7,16H2,1H3,(H,17,19). The zero-order valence-electron chi connectivity index (χ0n) is 10.7. The van der Waals surface area contributed by atoms with E-state index in [0.717, 1.165) is 33.9 Å². The van der Waals surface area contributed by atoms with Gasteiger partial charge in [0.1, 0.15) is 0 Å². The summed E-state index contributed by atoms with van der Waals surface area (Å²) in [6.45, 7) is 2.55. The maximum Gasteiger partial charge on any atom is 0.240 e. The van der Waals surface area contributed by atoms with Crippen LogP contribution in [0.15, 0.2) is 22.7 Å². The second kappa shape index (κ2) is 4.35. The van der Waals surface area contributed by atoms with Gasteiger partial charge in [-0.1, -0.05) is 15.9 Å². The number of carbonyl (C=O) groups is 1. The largest absolute Gasteiger partial charge is 0.357 e. The number of nitrogens with one attached hydrogen (secondary N) is 2. The number of aromatic nitrogens is 1. The molecule has 0 radical (unpaired) electrons. The van der Waals surface area contributed by atoms with Gasteiger partial charge in [-0.25, -0.2) is 0 Å².